The third kappa shape index (κ3) is 8.01. The van der Waals surface area contributed by atoms with Gasteiger partial charge in [0.25, 0.3) is 5.91 Å². The minimum Gasteiger partial charge on any atom is -0.365 e. The van der Waals surface area contributed by atoms with Gasteiger partial charge in [-0.15, -0.1) is 0 Å². The molecule has 2 unspecified atom stereocenters. The summed E-state index contributed by atoms with van der Waals surface area (Å²) in [5.41, 5.74) is 1.75. The van der Waals surface area contributed by atoms with Crippen LogP contribution >= 0.6 is 11.6 Å². The maximum Gasteiger partial charge on any atom is 0.250 e. The Hall–Kier alpha value is -2.27. The van der Waals surface area contributed by atoms with Gasteiger partial charge in [0.1, 0.15) is 12.7 Å². The Morgan fingerprint density at radius 1 is 1.28 bits per heavy atom. The number of carbonyl (C=O) groups is 2. The van der Waals surface area contributed by atoms with Crippen molar-refractivity contribution in [1.29, 1.82) is 0 Å². The number of allylic oxidation sites excluding steroid dienone is 7. The second-order valence-corrected chi connectivity index (χ2v) is 9.07. The fraction of sp³-hybridized carbons (Fsp3) is 0.538. The molecule has 2 atom stereocenters. The van der Waals surface area contributed by atoms with E-state index in [9.17, 15) is 9.59 Å². The number of nitrogens with zero attached hydrogens (tertiary/aromatic N) is 2. The van der Waals surface area contributed by atoms with Crippen molar-refractivity contribution in [2.24, 2.45) is 5.92 Å². The van der Waals surface area contributed by atoms with Crippen LogP contribution in [0.1, 0.15) is 59.3 Å². The fourth-order valence-corrected chi connectivity index (χ4v) is 3.86. The summed E-state index contributed by atoms with van der Waals surface area (Å²) in [4.78, 5) is 29.4. The van der Waals surface area contributed by atoms with E-state index in [0.717, 1.165) is 54.8 Å². The van der Waals surface area contributed by atoms with E-state index in [1.807, 2.05) is 45.2 Å². The maximum absolute atomic E-state index is 13.0. The second-order valence-electron chi connectivity index (χ2n) is 8.58. The van der Waals surface area contributed by atoms with Gasteiger partial charge >= 0.3 is 0 Å². The molecule has 0 aromatic heterocycles. The van der Waals surface area contributed by atoms with E-state index in [-0.39, 0.29) is 24.5 Å². The summed E-state index contributed by atoms with van der Waals surface area (Å²) in [6.45, 7) is 6.86. The average Bonchev–Trinajstić information content (AvgIpc) is 2.79. The van der Waals surface area contributed by atoms with Crippen LogP contribution in [0.15, 0.2) is 58.8 Å². The summed E-state index contributed by atoms with van der Waals surface area (Å²) in [6.07, 6.45) is 19.2. The zero-order chi connectivity index (χ0) is 23.5. The van der Waals surface area contributed by atoms with Crippen LogP contribution in [0.4, 0.5) is 0 Å². The Labute approximate surface area is 198 Å². The predicted octanol–water partition coefficient (Wildman–Crippen LogP) is 5.28. The first-order chi connectivity index (χ1) is 15.3. The molecule has 176 valence electrons. The molecule has 1 heterocycles. The van der Waals surface area contributed by atoms with Crippen molar-refractivity contribution in [3.05, 3.63) is 58.8 Å². The normalized spacial score (nSPS) is 21.5. The summed E-state index contributed by atoms with van der Waals surface area (Å²) in [7, 11) is 1.82. The molecule has 1 N–H and O–H groups in total. The molecule has 5 nitrogen and oxygen atoms in total. The number of carbonyl (C=O) groups excluding carboxylic acids is 2. The van der Waals surface area contributed by atoms with Gasteiger partial charge in [-0.1, -0.05) is 68.7 Å². The highest BCUT2D eigenvalue weighted by Gasteiger charge is 2.30. The molecule has 0 saturated carbocycles. The largest absolute Gasteiger partial charge is 0.365 e. The molecule has 0 saturated heterocycles. The van der Waals surface area contributed by atoms with E-state index in [2.05, 4.69) is 24.4 Å². The molecule has 0 fully saturated rings. The first-order valence-corrected chi connectivity index (χ1v) is 12.1. The third-order valence-electron chi connectivity index (χ3n) is 5.92. The number of hydrogen-bond donors (Lipinski definition) is 1. The molecule has 0 radical (unpaired) electrons. The number of likely N-dealkylation sites (N-methyl/N-ethyl adjacent to an activating group) is 1. The predicted molar refractivity (Wildman–Crippen MR) is 133 cm³/mol. The van der Waals surface area contributed by atoms with Crippen LogP contribution in [-0.4, -0.2) is 47.9 Å². The van der Waals surface area contributed by atoms with Gasteiger partial charge in [0, 0.05) is 30.4 Å². The summed E-state index contributed by atoms with van der Waals surface area (Å²) < 4.78 is 0. The van der Waals surface area contributed by atoms with Crippen LogP contribution < -0.4 is 5.32 Å². The molecule has 6 heteroatoms. The van der Waals surface area contributed by atoms with Crippen LogP contribution in [0, 0.1) is 5.92 Å². The van der Waals surface area contributed by atoms with Gasteiger partial charge in [0.15, 0.2) is 0 Å². The van der Waals surface area contributed by atoms with Crippen molar-refractivity contribution in [1.82, 2.24) is 15.1 Å². The van der Waals surface area contributed by atoms with Crippen molar-refractivity contribution in [3.8, 4) is 0 Å². The lowest BCUT2D eigenvalue weighted by Gasteiger charge is -2.37. The molecule has 1 aliphatic carbocycles. The summed E-state index contributed by atoms with van der Waals surface area (Å²) in [5, 5.41) is 4.26. The van der Waals surface area contributed by atoms with Crippen molar-refractivity contribution in [3.63, 3.8) is 0 Å². The van der Waals surface area contributed by atoms with Crippen LogP contribution in [0.5, 0.6) is 0 Å². The molecule has 32 heavy (non-hydrogen) atoms. The second kappa shape index (κ2) is 13.3. The highest BCUT2D eigenvalue weighted by molar-refractivity contribution is 6.29. The van der Waals surface area contributed by atoms with E-state index in [1.54, 1.807) is 15.9 Å². The first kappa shape index (κ1) is 26.0. The summed E-state index contributed by atoms with van der Waals surface area (Å²) in [6, 6.07) is 0. The molecule has 0 spiro atoms. The van der Waals surface area contributed by atoms with E-state index >= 15 is 0 Å². The van der Waals surface area contributed by atoms with E-state index in [1.165, 1.54) is 0 Å². The Kier molecular flexibility index (Phi) is 10.8. The van der Waals surface area contributed by atoms with Gasteiger partial charge in [-0.3, -0.25) is 9.59 Å². The number of amides is 2. The Morgan fingerprint density at radius 3 is 2.72 bits per heavy atom. The molecule has 1 aliphatic heterocycles. The van der Waals surface area contributed by atoms with Crippen molar-refractivity contribution >= 4 is 23.4 Å². The Bertz CT molecular complexity index is 810. The van der Waals surface area contributed by atoms with Gasteiger partial charge < -0.3 is 15.1 Å². The molecule has 2 rings (SSSR count). The van der Waals surface area contributed by atoms with Gasteiger partial charge in [-0.2, -0.15) is 0 Å². The zero-order valence-corrected chi connectivity index (χ0v) is 20.7. The minimum atomic E-state index is -0.196. The standard InChI is InChI=1S/C26H38ClN3O2/c1-5-7-9-14-24-28-23(20(3)15-16-22(27)6-2)17-25(31)30(24)19-26(32)29(4)18-21-12-10-8-11-13-21/h8,10-12,15-17,21,24,28H,5-7,9,13-14,18-19H2,1-4H3/b20-15+,22-16+. The van der Waals surface area contributed by atoms with Gasteiger partial charge in [-0.25, -0.2) is 0 Å². The lowest BCUT2D eigenvalue weighted by Crippen LogP contribution is -2.55. The highest BCUT2D eigenvalue weighted by atomic mass is 35.5. The summed E-state index contributed by atoms with van der Waals surface area (Å²) in [5.74, 6) is 0.165. The third-order valence-corrected chi connectivity index (χ3v) is 6.31. The fourth-order valence-electron chi connectivity index (χ4n) is 3.80. The Morgan fingerprint density at radius 2 is 2.06 bits per heavy atom. The van der Waals surface area contributed by atoms with Crippen molar-refractivity contribution in [2.45, 2.75) is 65.5 Å². The molecule has 2 amide bonds. The minimum absolute atomic E-state index is 0.0367. The van der Waals surface area contributed by atoms with Gasteiger partial charge in [0.2, 0.25) is 5.91 Å². The molecule has 2 aliphatic rings. The summed E-state index contributed by atoms with van der Waals surface area (Å²) >= 11 is 6.12. The monoisotopic (exact) mass is 459 g/mol. The maximum atomic E-state index is 13.0. The lowest BCUT2D eigenvalue weighted by atomic mass is 10.0. The quantitative estimate of drug-likeness (QED) is 0.338. The van der Waals surface area contributed by atoms with E-state index in [0.29, 0.717) is 12.5 Å². The van der Waals surface area contributed by atoms with Crippen LogP contribution in [0.25, 0.3) is 0 Å². The van der Waals surface area contributed by atoms with Gasteiger partial charge in [0.05, 0.1) is 0 Å². The van der Waals surface area contributed by atoms with Crippen molar-refractivity contribution < 1.29 is 9.59 Å². The number of unbranched alkanes of at least 4 members (excludes halogenated alkanes) is 2. The molecule has 0 aromatic rings. The number of rotatable bonds is 11. The van der Waals surface area contributed by atoms with Crippen molar-refractivity contribution in [2.75, 3.05) is 20.1 Å². The first-order valence-electron chi connectivity index (χ1n) is 11.7. The van der Waals surface area contributed by atoms with E-state index < -0.39 is 0 Å². The highest BCUT2D eigenvalue weighted by Crippen LogP contribution is 2.20. The smallest absolute Gasteiger partial charge is 0.250 e. The molecule has 0 bridgehead atoms. The topological polar surface area (TPSA) is 52.7 Å². The lowest BCUT2D eigenvalue weighted by molar-refractivity contribution is -0.140. The molecule has 0 aromatic carbocycles. The van der Waals surface area contributed by atoms with Crippen LogP contribution in [0.3, 0.4) is 0 Å². The average molecular weight is 460 g/mol. The van der Waals surface area contributed by atoms with Crippen LogP contribution in [0.2, 0.25) is 0 Å². The molecular weight excluding hydrogens is 422 g/mol. The SMILES string of the molecule is CCCCCC1NC(/C(C)=C/C=C(/Cl)CC)=CC(=O)N1CC(=O)N(C)CC1C=CC=CC1. The van der Waals surface area contributed by atoms with Crippen LogP contribution in [-0.2, 0) is 9.59 Å². The Balaban J connectivity index is 2.11. The molecular formula is C26H38ClN3O2. The van der Waals surface area contributed by atoms with Gasteiger partial charge in [-0.05, 0) is 50.2 Å². The number of nitrogens with one attached hydrogen (secondary N) is 1. The number of hydrogen-bond acceptors (Lipinski definition) is 3. The number of halogens is 1. The zero-order valence-electron chi connectivity index (χ0n) is 19.9. The van der Waals surface area contributed by atoms with E-state index in [4.69, 9.17) is 11.6 Å².